The molecule has 2 aliphatic rings. The van der Waals surface area contributed by atoms with Gasteiger partial charge in [0.25, 0.3) is 0 Å². The molecule has 0 saturated carbocycles. The van der Waals surface area contributed by atoms with Gasteiger partial charge in [-0.05, 0) is 38.6 Å². The summed E-state index contributed by atoms with van der Waals surface area (Å²) in [5, 5.41) is 17.2. The minimum absolute atomic E-state index is 0.189. The van der Waals surface area contributed by atoms with Gasteiger partial charge in [-0.1, -0.05) is 0 Å². The van der Waals surface area contributed by atoms with Crippen LogP contribution in [0, 0.1) is 0 Å². The summed E-state index contributed by atoms with van der Waals surface area (Å²) >= 11 is 0. The van der Waals surface area contributed by atoms with Gasteiger partial charge in [0.1, 0.15) is 18.1 Å². The molecule has 0 aliphatic carbocycles. The monoisotopic (exact) mass is 454 g/mol. The molecule has 4 unspecified atom stereocenters. The Morgan fingerprint density at radius 1 is 0.969 bits per heavy atom. The number of hydrogen-bond donors (Lipinski definition) is 6. The Balaban J connectivity index is 2.08. The lowest BCUT2D eigenvalue weighted by Gasteiger charge is -2.29. The van der Waals surface area contributed by atoms with E-state index in [1.54, 1.807) is 0 Å². The van der Waals surface area contributed by atoms with Gasteiger partial charge in [0, 0.05) is 13.0 Å². The molecule has 0 spiro atoms. The highest BCUT2D eigenvalue weighted by Crippen LogP contribution is 2.20. The van der Waals surface area contributed by atoms with Crippen LogP contribution in [0.2, 0.25) is 0 Å². The van der Waals surface area contributed by atoms with Crippen LogP contribution in [0.5, 0.6) is 0 Å². The smallest absolute Gasteiger partial charge is 0.326 e. The zero-order valence-electron chi connectivity index (χ0n) is 17.7. The Labute approximate surface area is 184 Å². The average Bonchev–Trinajstić information content (AvgIpc) is 3.41. The Hall–Kier alpha value is -3.22. The first kappa shape index (κ1) is 25.0. The van der Waals surface area contributed by atoms with Crippen molar-refractivity contribution >= 4 is 35.5 Å². The zero-order chi connectivity index (χ0) is 23.8. The van der Waals surface area contributed by atoms with Gasteiger partial charge >= 0.3 is 5.97 Å². The average molecular weight is 454 g/mol. The second-order valence-corrected chi connectivity index (χ2v) is 7.97. The van der Waals surface area contributed by atoms with Gasteiger partial charge in [0.15, 0.2) is 0 Å². The first-order valence-electron chi connectivity index (χ1n) is 10.5. The molecule has 13 heteroatoms. The molecule has 2 saturated heterocycles. The van der Waals surface area contributed by atoms with Crippen LogP contribution in [-0.2, 0) is 28.8 Å². The lowest BCUT2D eigenvalue weighted by molar-refractivity contribution is -0.145. The van der Waals surface area contributed by atoms with Crippen molar-refractivity contribution in [3.05, 3.63) is 0 Å². The van der Waals surface area contributed by atoms with Crippen molar-refractivity contribution in [1.29, 1.82) is 0 Å². The summed E-state index contributed by atoms with van der Waals surface area (Å²) in [4.78, 5) is 73.3. The maximum Gasteiger partial charge on any atom is 0.326 e. The number of primary amides is 2. The molecule has 4 atom stereocenters. The van der Waals surface area contributed by atoms with E-state index in [9.17, 15) is 33.9 Å². The van der Waals surface area contributed by atoms with E-state index in [4.69, 9.17) is 11.5 Å². The highest BCUT2D eigenvalue weighted by atomic mass is 16.4. The fraction of sp³-hybridized carbons (Fsp3) is 0.684. The van der Waals surface area contributed by atoms with Crippen LogP contribution in [0.25, 0.3) is 0 Å². The molecule has 2 aliphatic heterocycles. The van der Waals surface area contributed by atoms with E-state index in [1.807, 2.05) is 0 Å². The molecule has 178 valence electrons. The van der Waals surface area contributed by atoms with Crippen molar-refractivity contribution in [3.8, 4) is 0 Å². The van der Waals surface area contributed by atoms with E-state index in [0.29, 0.717) is 19.4 Å². The minimum Gasteiger partial charge on any atom is -0.480 e. The molecule has 5 amide bonds. The van der Waals surface area contributed by atoms with Gasteiger partial charge in [-0.25, -0.2) is 4.79 Å². The van der Waals surface area contributed by atoms with Crippen LogP contribution in [0.4, 0.5) is 0 Å². The number of aliphatic carboxylic acids is 1. The number of carbonyl (C=O) groups is 6. The predicted octanol–water partition coefficient (Wildman–Crippen LogP) is -3.08. The topological polar surface area (TPSA) is 214 Å². The van der Waals surface area contributed by atoms with Gasteiger partial charge in [-0.2, -0.15) is 0 Å². The first-order chi connectivity index (χ1) is 15.1. The molecule has 0 aromatic heterocycles. The summed E-state index contributed by atoms with van der Waals surface area (Å²) in [7, 11) is 0. The van der Waals surface area contributed by atoms with Crippen molar-refractivity contribution in [1.82, 2.24) is 20.9 Å². The summed E-state index contributed by atoms with van der Waals surface area (Å²) < 4.78 is 0. The second-order valence-electron chi connectivity index (χ2n) is 7.97. The molecule has 0 aromatic carbocycles. The lowest BCUT2D eigenvalue weighted by atomic mass is 10.1. The number of nitrogens with two attached hydrogens (primary N) is 2. The maximum atomic E-state index is 13.1. The van der Waals surface area contributed by atoms with Crippen LogP contribution in [0.3, 0.4) is 0 Å². The fourth-order valence-corrected chi connectivity index (χ4v) is 3.90. The third-order valence-corrected chi connectivity index (χ3v) is 5.53. The summed E-state index contributed by atoms with van der Waals surface area (Å²) in [6.45, 7) is 0.865. The number of amides is 5. The molecule has 0 radical (unpaired) electrons. The van der Waals surface area contributed by atoms with Crippen molar-refractivity contribution in [2.24, 2.45) is 11.5 Å². The Kier molecular flexibility index (Phi) is 8.93. The molecule has 13 nitrogen and oxygen atoms in total. The Bertz CT molecular complexity index is 767. The van der Waals surface area contributed by atoms with Crippen LogP contribution in [0.15, 0.2) is 0 Å². The number of likely N-dealkylation sites (tertiary alicyclic amines) is 1. The van der Waals surface area contributed by atoms with Crippen molar-refractivity contribution < 1.29 is 33.9 Å². The zero-order valence-corrected chi connectivity index (χ0v) is 17.7. The number of hydrogen-bond acceptors (Lipinski definition) is 7. The molecular weight excluding hydrogens is 424 g/mol. The third kappa shape index (κ3) is 6.90. The van der Waals surface area contributed by atoms with Crippen LogP contribution in [-0.4, -0.2) is 82.8 Å². The van der Waals surface area contributed by atoms with E-state index in [2.05, 4.69) is 16.0 Å². The summed E-state index contributed by atoms with van der Waals surface area (Å²) in [6, 6.07) is -4.03. The highest BCUT2D eigenvalue weighted by Gasteiger charge is 2.39. The van der Waals surface area contributed by atoms with Crippen molar-refractivity contribution in [2.45, 2.75) is 69.1 Å². The molecule has 2 rings (SSSR count). The Morgan fingerprint density at radius 2 is 1.66 bits per heavy atom. The fourth-order valence-electron chi connectivity index (χ4n) is 3.90. The maximum absolute atomic E-state index is 13.1. The van der Waals surface area contributed by atoms with Gasteiger partial charge in [-0.15, -0.1) is 0 Å². The summed E-state index contributed by atoms with van der Waals surface area (Å²) in [6.07, 6.45) is 1.31. The van der Waals surface area contributed by atoms with Crippen molar-refractivity contribution in [3.63, 3.8) is 0 Å². The summed E-state index contributed by atoms with van der Waals surface area (Å²) in [5.41, 5.74) is 10.3. The predicted molar refractivity (Wildman–Crippen MR) is 109 cm³/mol. The van der Waals surface area contributed by atoms with E-state index in [0.717, 1.165) is 6.42 Å². The molecule has 0 aromatic rings. The molecule has 0 bridgehead atoms. The van der Waals surface area contributed by atoms with Gasteiger partial charge < -0.3 is 37.4 Å². The molecule has 32 heavy (non-hydrogen) atoms. The van der Waals surface area contributed by atoms with Gasteiger partial charge in [0.05, 0.1) is 12.5 Å². The molecular formula is C19H30N6O7. The number of nitrogens with one attached hydrogen (secondary N) is 3. The van der Waals surface area contributed by atoms with Crippen molar-refractivity contribution in [2.75, 3.05) is 13.1 Å². The van der Waals surface area contributed by atoms with E-state index in [1.165, 1.54) is 4.90 Å². The van der Waals surface area contributed by atoms with E-state index >= 15 is 0 Å². The molecule has 8 N–H and O–H groups in total. The van der Waals surface area contributed by atoms with Gasteiger partial charge in [0.2, 0.25) is 29.5 Å². The SMILES string of the molecule is NC(=O)CCC(NC(=O)C1CCCN1C(=O)C(CC(N)=O)NC(=O)C1CCCN1)C(=O)O. The van der Waals surface area contributed by atoms with Gasteiger partial charge in [-0.3, -0.25) is 24.0 Å². The molecule has 2 heterocycles. The minimum atomic E-state index is -1.35. The number of rotatable bonds is 11. The van der Waals surface area contributed by atoms with E-state index in [-0.39, 0.29) is 25.8 Å². The summed E-state index contributed by atoms with van der Waals surface area (Å²) in [5.74, 6) is -4.60. The quantitative estimate of drug-likeness (QED) is 0.188. The number of carboxylic acids is 1. The van der Waals surface area contributed by atoms with Crippen LogP contribution >= 0.6 is 0 Å². The molecule has 2 fully saturated rings. The number of carbonyl (C=O) groups excluding carboxylic acids is 5. The number of carboxylic acid groups (broad SMARTS) is 1. The Morgan fingerprint density at radius 3 is 2.22 bits per heavy atom. The lowest BCUT2D eigenvalue weighted by Crippen LogP contribution is -2.57. The largest absolute Gasteiger partial charge is 0.480 e. The van der Waals surface area contributed by atoms with Crippen LogP contribution < -0.4 is 27.4 Å². The van der Waals surface area contributed by atoms with E-state index < -0.39 is 66.1 Å². The second kappa shape index (κ2) is 11.4. The normalized spacial score (nSPS) is 22.1. The highest BCUT2D eigenvalue weighted by molar-refractivity contribution is 5.96. The standard InChI is InChI=1S/C19H30N6O7/c20-14(26)6-5-11(19(31)32)23-17(29)13-4-2-8-25(13)18(30)12(9-15(21)27)24-16(28)10-3-1-7-22-10/h10-13,22H,1-9H2,(H2,20,26)(H2,21,27)(H,23,29)(H,24,28)(H,31,32). The van der Waals surface area contributed by atoms with Crippen LogP contribution in [0.1, 0.15) is 44.9 Å². The third-order valence-electron chi connectivity index (χ3n) is 5.53. The first-order valence-corrected chi connectivity index (χ1v) is 10.5. The number of nitrogens with zero attached hydrogens (tertiary/aromatic N) is 1.